The number of anilines is 2. The third-order valence-electron chi connectivity index (χ3n) is 3.91. The smallest absolute Gasteiger partial charge is 0.339 e. The van der Waals surface area contributed by atoms with E-state index in [4.69, 9.17) is 9.47 Å². The molecule has 0 atom stereocenters. The van der Waals surface area contributed by atoms with Crippen LogP contribution in [0.5, 0.6) is 0 Å². The molecule has 0 aliphatic carbocycles. The van der Waals surface area contributed by atoms with E-state index in [0.717, 1.165) is 37.7 Å². The Hall–Kier alpha value is -2.67. The number of hydrogen-bond acceptors (Lipinski definition) is 7. The van der Waals surface area contributed by atoms with Crippen molar-refractivity contribution in [3.8, 4) is 0 Å². The van der Waals surface area contributed by atoms with Gasteiger partial charge in [-0.2, -0.15) is 0 Å². The van der Waals surface area contributed by atoms with Crippen LogP contribution in [-0.4, -0.2) is 48.8 Å². The summed E-state index contributed by atoms with van der Waals surface area (Å²) in [7, 11) is 0. The van der Waals surface area contributed by atoms with Crippen LogP contribution in [0.15, 0.2) is 36.7 Å². The molecule has 0 saturated carbocycles. The zero-order valence-corrected chi connectivity index (χ0v) is 14.3. The number of ether oxygens (including phenoxy) is 2. The lowest BCUT2D eigenvalue weighted by Crippen LogP contribution is -2.37. The predicted octanol–water partition coefficient (Wildman–Crippen LogP) is 2.10. The lowest BCUT2D eigenvalue weighted by atomic mass is 10.2. The Balaban J connectivity index is 1.64. The zero-order chi connectivity index (χ0) is 17.5. The number of carbonyl (C=O) groups is 1. The first-order valence-corrected chi connectivity index (χ1v) is 8.41. The molecule has 132 valence electrons. The fourth-order valence-electron chi connectivity index (χ4n) is 2.65. The highest BCUT2D eigenvalue weighted by Gasteiger charge is 2.15. The van der Waals surface area contributed by atoms with Gasteiger partial charge in [0.15, 0.2) is 0 Å². The molecule has 0 unspecified atom stereocenters. The summed E-state index contributed by atoms with van der Waals surface area (Å²) in [5.41, 5.74) is 1.54. The number of hydrogen-bond donors (Lipinski definition) is 1. The molecule has 7 heteroatoms. The van der Waals surface area contributed by atoms with Gasteiger partial charge in [0, 0.05) is 37.6 Å². The fourth-order valence-corrected chi connectivity index (χ4v) is 2.65. The van der Waals surface area contributed by atoms with Crippen LogP contribution in [0, 0.1) is 0 Å². The first-order valence-electron chi connectivity index (χ1n) is 8.41. The van der Waals surface area contributed by atoms with Crippen molar-refractivity contribution in [2.75, 3.05) is 43.1 Å². The molecule has 0 radical (unpaired) electrons. The van der Waals surface area contributed by atoms with E-state index in [9.17, 15) is 4.79 Å². The van der Waals surface area contributed by atoms with Crippen molar-refractivity contribution < 1.29 is 14.3 Å². The molecule has 1 N–H and O–H groups in total. The molecule has 3 heterocycles. The molecule has 2 aromatic rings. The fraction of sp³-hybridized carbons (Fsp3) is 0.389. The molecule has 0 amide bonds. The molecule has 0 bridgehead atoms. The lowest BCUT2D eigenvalue weighted by molar-refractivity contribution is 0.0526. The number of nitrogens with zero attached hydrogens (tertiary/aromatic N) is 3. The van der Waals surface area contributed by atoms with Crippen molar-refractivity contribution in [3.05, 3.63) is 47.8 Å². The standard InChI is InChI=1S/C18H22N4O3/c1-2-25-18(23)15-5-6-16(21-13-15)20-12-14-4-3-7-19-17(14)22-8-10-24-11-9-22/h3-7,13H,2,8-12H2,1H3,(H,20,21). The van der Waals surface area contributed by atoms with E-state index < -0.39 is 0 Å². The van der Waals surface area contributed by atoms with E-state index in [0.29, 0.717) is 24.5 Å². The summed E-state index contributed by atoms with van der Waals surface area (Å²) in [6, 6.07) is 7.46. The number of pyridine rings is 2. The van der Waals surface area contributed by atoms with Crippen molar-refractivity contribution in [3.63, 3.8) is 0 Å². The summed E-state index contributed by atoms with van der Waals surface area (Å²) >= 11 is 0. The topological polar surface area (TPSA) is 76.6 Å². The molecular formula is C18H22N4O3. The van der Waals surface area contributed by atoms with Crippen molar-refractivity contribution >= 4 is 17.6 Å². The first-order chi connectivity index (χ1) is 12.3. The van der Waals surface area contributed by atoms with Crippen LogP contribution in [0.4, 0.5) is 11.6 Å². The first kappa shape index (κ1) is 17.2. The minimum absolute atomic E-state index is 0.351. The van der Waals surface area contributed by atoms with Gasteiger partial charge in [-0.25, -0.2) is 14.8 Å². The Kier molecular flexibility index (Phi) is 5.79. The van der Waals surface area contributed by atoms with Gasteiger partial charge in [0.1, 0.15) is 11.6 Å². The SMILES string of the molecule is CCOC(=O)c1ccc(NCc2cccnc2N2CCOCC2)nc1. The van der Waals surface area contributed by atoms with E-state index in [-0.39, 0.29) is 5.97 Å². The third-order valence-corrected chi connectivity index (χ3v) is 3.91. The summed E-state index contributed by atoms with van der Waals surface area (Å²) < 4.78 is 10.4. The largest absolute Gasteiger partial charge is 0.462 e. The number of carbonyl (C=O) groups excluding carboxylic acids is 1. The van der Waals surface area contributed by atoms with Gasteiger partial charge in [0.05, 0.1) is 25.4 Å². The second-order valence-corrected chi connectivity index (χ2v) is 5.59. The second kappa shape index (κ2) is 8.43. The average Bonchev–Trinajstić information content (AvgIpc) is 2.68. The highest BCUT2D eigenvalue weighted by atomic mass is 16.5. The molecule has 7 nitrogen and oxygen atoms in total. The molecule has 0 spiro atoms. The molecule has 3 rings (SSSR count). The van der Waals surface area contributed by atoms with E-state index in [1.807, 2.05) is 6.07 Å². The number of nitrogens with one attached hydrogen (secondary N) is 1. The quantitative estimate of drug-likeness (QED) is 0.806. The van der Waals surface area contributed by atoms with Gasteiger partial charge in [-0.05, 0) is 25.1 Å². The highest BCUT2D eigenvalue weighted by Crippen LogP contribution is 2.19. The van der Waals surface area contributed by atoms with Crippen molar-refractivity contribution in [1.29, 1.82) is 0 Å². The summed E-state index contributed by atoms with van der Waals surface area (Å²) in [5.74, 6) is 1.31. The number of esters is 1. The van der Waals surface area contributed by atoms with E-state index >= 15 is 0 Å². The molecule has 1 aliphatic rings. The van der Waals surface area contributed by atoms with Gasteiger partial charge >= 0.3 is 5.97 Å². The van der Waals surface area contributed by atoms with Crippen molar-refractivity contribution in [2.24, 2.45) is 0 Å². The maximum atomic E-state index is 11.6. The highest BCUT2D eigenvalue weighted by molar-refractivity contribution is 5.89. The Morgan fingerprint density at radius 3 is 2.84 bits per heavy atom. The molecule has 1 saturated heterocycles. The molecule has 2 aromatic heterocycles. The minimum atomic E-state index is -0.358. The van der Waals surface area contributed by atoms with E-state index in [2.05, 4.69) is 26.3 Å². The summed E-state index contributed by atoms with van der Waals surface area (Å²) in [6.45, 7) is 5.87. The molecule has 25 heavy (non-hydrogen) atoms. The van der Waals surface area contributed by atoms with Crippen molar-refractivity contribution in [2.45, 2.75) is 13.5 Å². The van der Waals surface area contributed by atoms with Crippen LogP contribution in [0.1, 0.15) is 22.8 Å². The Labute approximate surface area is 147 Å². The normalized spacial score (nSPS) is 14.2. The number of aromatic nitrogens is 2. The van der Waals surface area contributed by atoms with E-state index in [1.165, 1.54) is 6.20 Å². The predicted molar refractivity (Wildman–Crippen MR) is 94.8 cm³/mol. The summed E-state index contributed by atoms with van der Waals surface area (Å²) in [5, 5.41) is 3.28. The Bertz CT molecular complexity index is 700. The van der Waals surface area contributed by atoms with Crippen LogP contribution in [0.2, 0.25) is 0 Å². The lowest BCUT2D eigenvalue weighted by Gasteiger charge is -2.29. The third kappa shape index (κ3) is 4.45. The number of morpholine rings is 1. The Morgan fingerprint density at radius 2 is 2.12 bits per heavy atom. The molecular weight excluding hydrogens is 320 g/mol. The van der Waals surface area contributed by atoms with Gasteiger partial charge < -0.3 is 19.7 Å². The maximum Gasteiger partial charge on any atom is 0.339 e. The van der Waals surface area contributed by atoms with Gasteiger partial charge in [-0.15, -0.1) is 0 Å². The molecule has 1 fully saturated rings. The van der Waals surface area contributed by atoms with Gasteiger partial charge in [-0.1, -0.05) is 6.07 Å². The number of rotatable bonds is 6. The molecule has 0 aromatic carbocycles. The van der Waals surface area contributed by atoms with Crippen LogP contribution in [0.25, 0.3) is 0 Å². The van der Waals surface area contributed by atoms with Crippen molar-refractivity contribution in [1.82, 2.24) is 9.97 Å². The summed E-state index contributed by atoms with van der Waals surface area (Å²) in [6.07, 6.45) is 3.33. The maximum absolute atomic E-state index is 11.6. The van der Waals surface area contributed by atoms with Gasteiger partial charge in [-0.3, -0.25) is 0 Å². The monoisotopic (exact) mass is 342 g/mol. The van der Waals surface area contributed by atoms with Crippen LogP contribution < -0.4 is 10.2 Å². The zero-order valence-electron chi connectivity index (χ0n) is 14.3. The van der Waals surface area contributed by atoms with E-state index in [1.54, 1.807) is 25.3 Å². The van der Waals surface area contributed by atoms with Crippen LogP contribution in [0.3, 0.4) is 0 Å². The van der Waals surface area contributed by atoms with Crippen LogP contribution in [-0.2, 0) is 16.0 Å². The second-order valence-electron chi connectivity index (χ2n) is 5.59. The summed E-state index contributed by atoms with van der Waals surface area (Å²) in [4.78, 5) is 22.7. The van der Waals surface area contributed by atoms with Crippen LogP contribution >= 0.6 is 0 Å². The molecule has 1 aliphatic heterocycles. The van der Waals surface area contributed by atoms with Gasteiger partial charge in [0.25, 0.3) is 0 Å². The Morgan fingerprint density at radius 1 is 1.28 bits per heavy atom. The van der Waals surface area contributed by atoms with Gasteiger partial charge in [0.2, 0.25) is 0 Å². The minimum Gasteiger partial charge on any atom is -0.462 e. The average molecular weight is 342 g/mol.